The highest BCUT2D eigenvalue weighted by Gasteiger charge is 2.28. The second-order valence-electron chi connectivity index (χ2n) is 8.02. The van der Waals surface area contributed by atoms with Gasteiger partial charge in [-0.25, -0.2) is 4.98 Å². The maximum absolute atomic E-state index is 12.5. The lowest BCUT2D eigenvalue weighted by Gasteiger charge is -2.35. The van der Waals surface area contributed by atoms with E-state index >= 15 is 0 Å². The molecule has 150 valence electrons. The van der Waals surface area contributed by atoms with E-state index in [2.05, 4.69) is 15.2 Å². The summed E-state index contributed by atoms with van der Waals surface area (Å²) >= 11 is 0. The van der Waals surface area contributed by atoms with Crippen LogP contribution in [0.1, 0.15) is 44.9 Å². The van der Waals surface area contributed by atoms with Gasteiger partial charge in [0.25, 0.3) is 0 Å². The van der Waals surface area contributed by atoms with Crippen LogP contribution in [0.2, 0.25) is 0 Å². The van der Waals surface area contributed by atoms with Crippen molar-refractivity contribution < 1.29 is 4.92 Å². The molecule has 28 heavy (non-hydrogen) atoms. The number of likely N-dealkylation sites (tertiary alicyclic amines) is 1. The number of nitrogens with one attached hydrogen (secondary N) is 1. The highest BCUT2D eigenvalue weighted by atomic mass is 16.6. The average molecular weight is 385 g/mol. The molecule has 1 aliphatic carbocycles. The van der Waals surface area contributed by atoms with Crippen molar-refractivity contribution in [3.05, 3.63) is 44.9 Å². The first-order valence-corrected chi connectivity index (χ1v) is 10.3. The first-order valence-electron chi connectivity index (χ1n) is 10.3. The van der Waals surface area contributed by atoms with E-state index < -0.39 is 16.2 Å². The van der Waals surface area contributed by atoms with Crippen LogP contribution in [0.15, 0.2) is 29.2 Å². The van der Waals surface area contributed by atoms with Crippen LogP contribution in [-0.2, 0) is 0 Å². The number of hydrogen-bond acceptors (Lipinski definition) is 6. The zero-order chi connectivity index (χ0) is 19.5. The van der Waals surface area contributed by atoms with Gasteiger partial charge in [-0.3, -0.25) is 19.3 Å². The van der Waals surface area contributed by atoms with Crippen molar-refractivity contribution >= 4 is 17.2 Å². The van der Waals surface area contributed by atoms with Crippen molar-refractivity contribution in [2.75, 3.05) is 25.0 Å². The minimum Gasteiger partial charge on any atom is -0.361 e. The molecule has 2 aromatic rings. The summed E-state index contributed by atoms with van der Waals surface area (Å²) in [6, 6.07) is 5.21. The molecule has 2 aromatic heterocycles. The van der Waals surface area contributed by atoms with Gasteiger partial charge in [-0.15, -0.1) is 0 Å². The van der Waals surface area contributed by atoms with Crippen molar-refractivity contribution in [2.45, 2.75) is 51.0 Å². The van der Waals surface area contributed by atoms with E-state index in [1.54, 1.807) is 18.2 Å². The van der Waals surface area contributed by atoms with Crippen molar-refractivity contribution in [1.29, 1.82) is 0 Å². The lowest BCUT2D eigenvalue weighted by molar-refractivity contribution is -0.385. The predicted molar refractivity (Wildman–Crippen MR) is 108 cm³/mol. The summed E-state index contributed by atoms with van der Waals surface area (Å²) in [5.74, 6) is 0.911. The fourth-order valence-electron chi connectivity index (χ4n) is 4.53. The molecule has 2 aliphatic rings. The second kappa shape index (κ2) is 8.26. The van der Waals surface area contributed by atoms with Crippen LogP contribution in [0.3, 0.4) is 0 Å². The van der Waals surface area contributed by atoms with Gasteiger partial charge in [-0.1, -0.05) is 25.3 Å². The summed E-state index contributed by atoms with van der Waals surface area (Å²) in [4.78, 5) is 30.3. The van der Waals surface area contributed by atoms with Gasteiger partial charge >= 0.3 is 11.2 Å². The van der Waals surface area contributed by atoms with Crippen molar-refractivity contribution in [3.8, 4) is 0 Å². The zero-order valence-electron chi connectivity index (χ0n) is 16.0. The molecule has 1 saturated carbocycles. The van der Waals surface area contributed by atoms with Crippen LogP contribution in [0.25, 0.3) is 5.65 Å². The molecule has 0 spiro atoms. The van der Waals surface area contributed by atoms with E-state index in [1.807, 2.05) is 0 Å². The van der Waals surface area contributed by atoms with Gasteiger partial charge < -0.3 is 10.2 Å². The predicted octanol–water partition coefficient (Wildman–Crippen LogP) is 3.06. The molecule has 8 heteroatoms. The largest absolute Gasteiger partial charge is 0.376 e. The second-order valence-corrected chi connectivity index (χ2v) is 8.02. The van der Waals surface area contributed by atoms with E-state index in [1.165, 1.54) is 49.2 Å². The SMILES string of the molecule is O=c1c([N+](=O)[O-])c(NC2CCN(CC3CCCCC3)CC2)nc2ccccn12. The number of anilines is 1. The number of fused-ring (bicyclic) bond motifs is 1. The Bertz CT molecular complexity index is 898. The van der Waals surface area contributed by atoms with Crippen LogP contribution >= 0.6 is 0 Å². The number of nitro groups is 1. The number of pyridine rings is 1. The zero-order valence-corrected chi connectivity index (χ0v) is 16.0. The average Bonchev–Trinajstić information content (AvgIpc) is 2.70. The van der Waals surface area contributed by atoms with Crippen LogP contribution in [0.4, 0.5) is 11.5 Å². The Morgan fingerprint density at radius 2 is 1.89 bits per heavy atom. The van der Waals surface area contributed by atoms with Gasteiger partial charge in [0.2, 0.25) is 5.82 Å². The van der Waals surface area contributed by atoms with Crippen molar-refractivity contribution in [3.63, 3.8) is 0 Å². The number of aromatic nitrogens is 2. The quantitative estimate of drug-likeness (QED) is 0.628. The fraction of sp³-hybridized carbons (Fsp3) is 0.600. The molecule has 0 amide bonds. The molecule has 4 rings (SSSR count). The number of hydrogen-bond donors (Lipinski definition) is 1. The van der Waals surface area contributed by atoms with Crippen LogP contribution in [0.5, 0.6) is 0 Å². The van der Waals surface area contributed by atoms with Gasteiger partial charge in [0.1, 0.15) is 5.65 Å². The smallest absolute Gasteiger partial charge is 0.361 e. The number of nitrogens with zero attached hydrogens (tertiary/aromatic N) is 4. The van der Waals surface area contributed by atoms with Crippen molar-refractivity contribution in [1.82, 2.24) is 14.3 Å². The maximum atomic E-state index is 12.5. The van der Waals surface area contributed by atoms with Gasteiger partial charge in [-0.2, -0.15) is 0 Å². The fourth-order valence-corrected chi connectivity index (χ4v) is 4.53. The molecule has 0 bridgehead atoms. The van der Waals surface area contributed by atoms with Gasteiger partial charge in [0.15, 0.2) is 0 Å². The third-order valence-corrected chi connectivity index (χ3v) is 6.06. The Morgan fingerprint density at radius 1 is 1.14 bits per heavy atom. The summed E-state index contributed by atoms with van der Waals surface area (Å²) in [5, 5.41) is 14.7. The highest BCUT2D eigenvalue weighted by Crippen LogP contribution is 2.26. The summed E-state index contributed by atoms with van der Waals surface area (Å²) in [6.45, 7) is 3.13. The van der Waals surface area contributed by atoms with E-state index in [4.69, 9.17) is 0 Å². The highest BCUT2D eigenvalue weighted by molar-refractivity contribution is 5.60. The first-order chi connectivity index (χ1) is 13.6. The molecule has 1 aliphatic heterocycles. The Hall–Kier alpha value is -2.48. The Labute approximate surface area is 163 Å². The van der Waals surface area contributed by atoms with E-state index in [-0.39, 0.29) is 11.9 Å². The standard InChI is InChI=1S/C20H27N5O3/c26-20-18(25(27)28)19(22-17-8-4-5-11-24(17)20)21-16-9-12-23(13-10-16)14-15-6-2-1-3-7-15/h4-5,8,11,15-16,21H,1-3,6-7,9-10,12-14H2. The van der Waals surface area contributed by atoms with Crippen LogP contribution < -0.4 is 10.9 Å². The van der Waals surface area contributed by atoms with E-state index in [0.29, 0.717) is 5.65 Å². The number of rotatable bonds is 5. The molecule has 3 heterocycles. The van der Waals surface area contributed by atoms with Gasteiger partial charge in [-0.05, 0) is 43.7 Å². The Morgan fingerprint density at radius 3 is 2.61 bits per heavy atom. The molecular weight excluding hydrogens is 358 g/mol. The molecule has 0 radical (unpaired) electrons. The third kappa shape index (κ3) is 4.01. The monoisotopic (exact) mass is 385 g/mol. The summed E-state index contributed by atoms with van der Waals surface area (Å²) < 4.78 is 1.22. The Kier molecular flexibility index (Phi) is 5.57. The van der Waals surface area contributed by atoms with Gasteiger partial charge in [0, 0.05) is 31.9 Å². The third-order valence-electron chi connectivity index (χ3n) is 6.06. The van der Waals surface area contributed by atoms with E-state index in [9.17, 15) is 14.9 Å². The topological polar surface area (TPSA) is 92.8 Å². The van der Waals surface area contributed by atoms with Crippen LogP contribution in [-0.4, -0.2) is 44.9 Å². The first kappa shape index (κ1) is 18.9. The van der Waals surface area contributed by atoms with Crippen LogP contribution in [0, 0.1) is 16.0 Å². The molecule has 0 unspecified atom stereocenters. The summed E-state index contributed by atoms with van der Waals surface area (Å²) in [7, 11) is 0. The molecule has 0 atom stereocenters. The number of piperidine rings is 1. The summed E-state index contributed by atoms with van der Waals surface area (Å²) in [5.41, 5.74) is -0.712. The lowest BCUT2D eigenvalue weighted by Crippen LogP contribution is -2.42. The van der Waals surface area contributed by atoms with Gasteiger partial charge in [0.05, 0.1) is 4.92 Å². The molecule has 1 saturated heterocycles. The van der Waals surface area contributed by atoms with Crippen molar-refractivity contribution in [2.24, 2.45) is 5.92 Å². The molecular formula is C20H27N5O3. The molecule has 1 N–H and O–H groups in total. The molecule has 2 fully saturated rings. The maximum Gasteiger partial charge on any atom is 0.376 e. The minimum absolute atomic E-state index is 0.0898. The molecule has 0 aromatic carbocycles. The molecule has 8 nitrogen and oxygen atoms in total. The Balaban J connectivity index is 1.45. The normalized spacial score (nSPS) is 19.7. The van der Waals surface area contributed by atoms with E-state index in [0.717, 1.165) is 31.8 Å². The minimum atomic E-state index is -0.646. The summed E-state index contributed by atoms with van der Waals surface area (Å²) in [6.07, 6.45) is 10.1. The lowest BCUT2D eigenvalue weighted by atomic mass is 9.88.